The zero-order valence-corrected chi connectivity index (χ0v) is 12.6. The van der Waals surface area contributed by atoms with E-state index >= 15 is 0 Å². The highest BCUT2D eigenvalue weighted by Crippen LogP contribution is 2.27. The number of nitrogens with zero attached hydrogens (tertiary/aromatic N) is 1. The number of nitro groups is 1. The Bertz CT molecular complexity index is 464. The lowest BCUT2D eigenvalue weighted by molar-refractivity contribution is -0.384. The van der Waals surface area contributed by atoms with E-state index in [1.165, 1.54) is 6.07 Å². The molecule has 0 saturated carbocycles. The van der Waals surface area contributed by atoms with Gasteiger partial charge >= 0.3 is 0 Å². The van der Waals surface area contributed by atoms with E-state index in [2.05, 4.69) is 21.2 Å². The lowest BCUT2D eigenvalue weighted by atomic mass is 10.2. The van der Waals surface area contributed by atoms with Gasteiger partial charge in [0.1, 0.15) is 5.69 Å². The van der Waals surface area contributed by atoms with Crippen LogP contribution in [0.5, 0.6) is 0 Å². The third kappa shape index (κ3) is 4.43. The van der Waals surface area contributed by atoms with Crippen LogP contribution in [0.1, 0.15) is 12.8 Å². The minimum absolute atomic E-state index is 0.0542. The van der Waals surface area contributed by atoms with E-state index in [0.717, 1.165) is 19.4 Å². The molecule has 0 radical (unpaired) electrons. The first-order chi connectivity index (χ1) is 9.66. The van der Waals surface area contributed by atoms with Gasteiger partial charge in [0.2, 0.25) is 0 Å². The van der Waals surface area contributed by atoms with Crippen molar-refractivity contribution in [2.75, 3.05) is 31.7 Å². The number of hydrogen-bond donors (Lipinski definition) is 1. The Morgan fingerprint density at radius 1 is 1.55 bits per heavy atom. The van der Waals surface area contributed by atoms with Gasteiger partial charge < -0.3 is 14.8 Å². The van der Waals surface area contributed by atoms with Crippen molar-refractivity contribution in [3.63, 3.8) is 0 Å². The van der Waals surface area contributed by atoms with Crippen molar-refractivity contribution in [3.8, 4) is 0 Å². The highest BCUT2D eigenvalue weighted by atomic mass is 79.9. The highest BCUT2D eigenvalue weighted by molar-refractivity contribution is 9.10. The van der Waals surface area contributed by atoms with Crippen LogP contribution in [0.4, 0.5) is 11.4 Å². The molecular weight excluding hydrogens is 328 g/mol. The number of nitrogens with one attached hydrogen (secondary N) is 1. The molecule has 6 nitrogen and oxygen atoms in total. The minimum Gasteiger partial charge on any atom is -0.377 e. The topological polar surface area (TPSA) is 73.6 Å². The van der Waals surface area contributed by atoms with Crippen LogP contribution in [0.25, 0.3) is 0 Å². The summed E-state index contributed by atoms with van der Waals surface area (Å²) in [7, 11) is 0. The fraction of sp³-hybridized carbons (Fsp3) is 0.538. The molecule has 1 N–H and O–H groups in total. The summed E-state index contributed by atoms with van der Waals surface area (Å²) in [5, 5.41) is 14.0. The first kappa shape index (κ1) is 15.2. The fourth-order valence-corrected chi connectivity index (χ4v) is 2.40. The summed E-state index contributed by atoms with van der Waals surface area (Å²) < 4.78 is 11.6. The SMILES string of the molecule is O=[N+]([O-])c1cc(Br)ccc1NCCOCC1CCCO1. The number of anilines is 1. The fourth-order valence-electron chi connectivity index (χ4n) is 2.05. The van der Waals surface area contributed by atoms with Crippen molar-refractivity contribution in [2.24, 2.45) is 0 Å². The number of nitro benzene ring substituents is 1. The number of ether oxygens (including phenoxy) is 2. The molecule has 0 amide bonds. The minimum atomic E-state index is -0.402. The molecule has 1 atom stereocenters. The zero-order valence-electron chi connectivity index (χ0n) is 11.0. The summed E-state index contributed by atoms with van der Waals surface area (Å²) in [6.07, 6.45) is 2.35. The Kier molecular flexibility index (Phi) is 5.75. The second kappa shape index (κ2) is 7.56. The highest BCUT2D eigenvalue weighted by Gasteiger charge is 2.16. The summed E-state index contributed by atoms with van der Waals surface area (Å²) in [6.45, 7) is 2.42. The van der Waals surface area contributed by atoms with E-state index in [4.69, 9.17) is 9.47 Å². The molecular formula is C13H17BrN2O4. The monoisotopic (exact) mass is 344 g/mol. The molecule has 1 heterocycles. The molecule has 20 heavy (non-hydrogen) atoms. The molecule has 0 aromatic heterocycles. The molecule has 1 aromatic rings. The van der Waals surface area contributed by atoms with Crippen LogP contribution in [0.2, 0.25) is 0 Å². The molecule has 0 aliphatic carbocycles. The average Bonchev–Trinajstić information content (AvgIpc) is 2.92. The van der Waals surface area contributed by atoms with Gasteiger partial charge in [-0.1, -0.05) is 15.9 Å². The van der Waals surface area contributed by atoms with Gasteiger partial charge in [-0.05, 0) is 25.0 Å². The normalized spacial score (nSPS) is 18.1. The second-order valence-corrected chi connectivity index (χ2v) is 5.47. The molecule has 2 rings (SSSR count). The summed E-state index contributed by atoms with van der Waals surface area (Å²) in [5.74, 6) is 0. The maximum Gasteiger partial charge on any atom is 0.293 e. The summed E-state index contributed by atoms with van der Waals surface area (Å²) >= 11 is 3.22. The van der Waals surface area contributed by atoms with E-state index in [9.17, 15) is 10.1 Å². The first-order valence-electron chi connectivity index (χ1n) is 6.54. The van der Waals surface area contributed by atoms with Crippen molar-refractivity contribution >= 4 is 27.3 Å². The molecule has 1 fully saturated rings. The van der Waals surface area contributed by atoms with Crippen LogP contribution in [0.15, 0.2) is 22.7 Å². The molecule has 0 bridgehead atoms. The van der Waals surface area contributed by atoms with Crippen LogP contribution in [0, 0.1) is 10.1 Å². The van der Waals surface area contributed by atoms with Gasteiger partial charge in [0.15, 0.2) is 0 Å². The van der Waals surface area contributed by atoms with Gasteiger partial charge in [0, 0.05) is 23.7 Å². The molecule has 1 aliphatic heterocycles. The van der Waals surface area contributed by atoms with E-state index in [-0.39, 0.29) is 11.8 Å². The molecule has 1 aliphatic rings. The van der Waals surface area contributed by atoms with E-state index < -0.39 is 4.92 Å². The van der Waals surface area contributed by atoms with Crippen molar-refractivity contribution < 1.29 is 14.4 Å². The van der Waals surface area contributed by atoms with Gasteiger partial charge in [-0.2, -0.15) is 0 Å². The zero-order chi connectivity index (χ0) is 14.4. The van der Waals surface area contributed by atoms with Gasteiger partial charge in [-0.25, -0.2) is 0 Å². The Morgan fingerprint density at radius 2 is 2.40 bits per heavy atom. The van der Waals surface area contributed by atoms with Crippen molar-refractivity contribution in [2.45, 2.75) is 18.9 Å². The van der Waals surface area contributed by atoms with Gasteiger partial charge in [0.25, 0.3) is 5.69 Å². The van der Waals surface area contributed by atoms with E-state index in [0.29, 0.717) is 29.9 Å². The van der Waals surface area contributed by atoms with Crippen LogP contribution < -0.4 is 5.32 Å². The molecule has 1 saturated heterocycles. The van der Waals surface area contributed by atoms with Gasteiger partial charge in [0.05, 0.1) is 24.2 Å². The number of benzene rings is 1. The molecule has 1 unspecified atom stereocenters. The van der Waals surface area contributed by atoms with E-state index in [1.54, 1.807) is 12.1 Å². The quantitative estimate of drug-likeness (QED) is 0.467. The molecule has 110 valence electrons. The summed E-state index contributed by atoms with van der Waals surface area (Å²) in [6, 6.07) is 4.93. The Morgan fingerprint density at radius 3 is 3.10 bits per heavy atom. The predicted molar refractivity (Wildman–Crippen MR) is 79.1 cm³/mol. The van der Waals surface area contributed by atoms with Gasteiger partial charge in [-0.3, -0.25) is 10.1 Å². The maximum absolute atomic E-state index is 10.9. The first-order valence-corrected chi connectivity index (χ1v) is 7.33. The lowest BCUT2D eigenvalue weighted by Crippen LogP contribution is -2.18. The van der Waals surface area contributed by atoms with Crippen LogP contribution in [-0.2, 0) is 9.47 Å². The Hall–Kier alpha value is -1.18. The number of halogens is 1. The largest absolute Gasteiger partial charge is 0.377 e. The standard InChI is InChI=1S/C13H17BrN2O4/c14-10-3-4-12(13(8-10)16(17)18)15-5-7-19-9-11-2-1-6-20-11/h3-4,8,11,15H,1-2,5-7,9H2. The van der Waals surface area contributed by atoms with E-state index in [1.807, 2.05) is 0 Å². The van der Waals surface area contributed by atoms with Crippen molar-refractivity contribution in [1.82, 2.24) is 0 Å². The van der Waals surface area contributed by atoms with Crippen LogP contribution in [0.3, 0.4) is 0 Å². The molecule has 0 spiro atoms. The van der Waals surface area contributed by atoms with Crippen molar-refractivity contribution in [1.29, 1.82) is 0 Å². The lowest BCUT2D eigenvalue weighted by Gasteiger charge is -2.11. The predicted octanol–water partition coefficient (Wildman–Crippen LogP) is 2.96. The molecule has 1 aromatic carbocycles. The van der Waals surface area contributed by atoms with Crippen LogP contribution >= 0.6 is 15.9 Å². The smallest absolute Gasteiger partial charge is 0.293 e. The second-order valence-electron chi connectivity index (χ2n) is 4.56. The summed E-state index contributed by atoms with van der Waals surface area (Å²) in [5.41, 5.74) is 0.553. The third-order valence-electron chi connectivity index (χ3n) is 3.05. The number of hydrogen-bond acceptors (Lipinski definition) is 5. The van der Waals surface area contributed by atoms with Crippen molar-refractivity contribution in [3.05, 3.63) is 32.8 Å². The van der Waals surface area contributed by atoms with Crippen LogP contribution in [-0.4, -0.2) is 37.4 Å². The Labute approximate surface area is 125 Å². The third-order valence-corrected chi connectivity index (χ3v) is 3.54. The maximum atomic E-state index is 10.9. The average molecular weight is 345 g/mol. The van der Waals surface area contributed by atoms with Gasteiger partial charge in [-0.15, -0.1) is 0 Å². The summed E-state index contributed by atoms with van der Waals surface area (Å²) in [4.78, 5) is 10.5. The molecule has 7 heteroatoms. The number of rotatable bonds is 7. The Balaban J connectivity index is 1.74.